The van der Waals surface area contributed by atoms with Gasteiger partial charge in [-0.05, 0) is 54.6 Å². The summed E-state index contributed by atoms with van der Waals surface area (Å²) < 4.78 is 20.7. The quantitative estimate of drug-likeness (QED) is 0.444. The Morgan fingerprint density at radius 1 is 1.16 bits per heavy atom. The fourth-order valence-electron chi connectivity index (χ4n) is 3.11. The van der Waals surface area contributed by atoms with Gasteiger partial charge in [0.1, 0.15) is 24.5 Å². The molecule has 0 aliphatic rings. The highest BCUT2D eigenvalue weighted by molar-refractivity contribution is 7.12. The van der Waals surface area contributed by atoms with Crippen molar-refractivity contribution in [2.75, 3.05) is 5.32 Å². The predicted molar refractivity (Wildman–Crippen MR) is 118 cm³/mol. The Bertz CT molecular complexity index is 1220. The van der Waals surface area contributed by atoms with Crippen molar-refractivity contribution in [2.45, 2.75) is 27.0 Å². The zero-order valence-corrected chi connectivity index (χ0v) is 17.9. The third-order valence-corrected chi connectivity index (χ3v) is 5.58. The SMILES string of the molecule is Cc1ccc(OCc2csc(C(=O)Nc3ncn(Cc4cccc(F)c4)n3)c2)c(C)c1. The second-order valence-corrected chi connectivity index (χ2v) is 8.14. The third-order valence-electron chi connectivity index (χ3n) is 4.60. The van der Waals surface area contributed by atoms with Crippen molar-refractivity contribution < 1.29 is 13.9 Å². The van der Waals surface area contributed by atoms with Crippen LogP contribution in [-0.2, 0) is 13.2 Å². The van der Waals surface area contributed by atoms with E-state index in [1.165, 1.54) is 35.4 Å². The maximum atomic E-state index is 13.3. The van der Waals surface area contributed by atoms with Gasteiger partial charge in [0.25, 0.3) is 5.91 Å². The fraction of sp³-hybridized carbons (Fsp3) is 0.174. The summed E-state index contributed by atoms with van der Waals surface area (Å²) in [6.45, 7) is 4.79. The molecular formula is C23H21FN4O2S. The number of benzene rings is 2. The lowest BCUT2D eigenvalue weighted by molar-refractivity contribution is 0.102. The van der Waals surface area contributed by atoms with Crippen LogP contribution in [0.15, 0.2) is 60.2 Å². The number of nitrogens with zero attached hydrogens (tertiary/aromatic N) is 3. The summed E-state index contributed by atoms with van der Waals surface area (Å²) in [4.78, 5) is 17.2. The molecule has 0 aliphatic carbocycles. The standard InChI is InChI=1S/C23H21FN4O2S/c1-15-6-7-20(16(2)8-15)30-12-18-10-21(31-13-18)22(29)26-23-25-14-28(27-23)11-17-4-3-5-19(24)9-17/h3-10,13-14H,11-12H2,1-2H3,(H,26,27,29). The van der Waals surface area contributed by atoms with Crippen molar-refractivity contribution >= 4 is 23.2 Å². The first-order chi connectivity index (χ1) is 15.0. The molecule has 158 valence electrons. The number of amides is 1. The van der Waals surface area contributed by atoms with Gasteiger partial charge >= 0.3 is 0 Å². The molecule has 1 amide bonds. The average molecular weight is 437 g/mol. The molecule has 0 saturated carbocycles. The minimum atomic E-state index is -0.304. The maximum absolute atomic E-state index is 13.3. The number of aryl methyl sites for hydroxylation is 2. The highest BCUT2D eigenvalue weighted by atomic mass is 32.1. The summed E-state index contributed by atoms with van der Waals surface area (Å²) in [5, 5.41) is 8.82. The number of halogens is 1. The zero-order chi connectivity index (χ0) is 21.8. The number of anilines is 1. The minimum Gasteiger partial charge on any atom is -0.489 e. The van der Waals surface area contributed by atoms with Crippen LogP contribution >= 0.6 is 11.3 Å². The normalized spacial score (nSPS) is 10.8. The van der Waals surface area contributed by atoms with Crippen LogP contribution in [0.2, 0.25) is 0 Å². The third kappa shape index (κ3) is 5.35. The van der Waals surface area contributed by atoms with Crippen LogP contribution in [0.25, 0.3) is 0 Å². The number of nitrogens with one attached hydrogen (secondary N) is 1. The monoisotopic (exact) mass is 436 g/mol. The Labute approximate surface area is 183 Å². The number of aromatic nitrogens is 3. The van der Waals surface area contributed by atoms with E-state index in [2.05, 4.69) is 21.5 Å². The molecule has 8 heteroatoms. The number of hydrogen-bond acceptors (Lipinski definition) is 5. The van der Waals surface area contributed by atoms with Crippen LogP contribution in [-0.4, -0.2) is 20.7 Å². The smallest absolute Gasteiger partial charge is 0.268 e. The van der Waals surface area contributed by atoms with Gasteiger partial charge in [-0.3, -0.25) is 10.1 Å². The van der Waals surface area contributed by atoms with Gasteiger partial charge in [0.15, 0.2) is 0 Å². The summed E-state index contributed by atoms with van der Waals surface area (Å²) in [5.74, 6) is 0.436. The second-order valence-electron chi connectivity index (χ2n) is 7.23. The van der Waals surface area contributed by atoms with E-state index >= 15 is 0 Å². The Hall–Kier alpha value is -3.52. The first kappa shape index (κ1) is 20.7. The molecule has 4 rings (SSSR count). The molecule has 0 bridgehead atoms. The molecule has 31 heavy (non-hydrogen) atoms. The second kappa shape index (κ2) is 9.09. The van der Waals surface area contributed by atoms with Gasteiger partial charge < -0.3 is 4.74 Å². The molecule has 0 spiro atoms. The van der Waals surface area contributed by atoms with Gasteiger partial charge in [-0.25, -0.2) is 14.1 Å². The molecule has 0 unspecified atom stereocenters. The van der Waals surface area contributed by atoms with Gasteiger partial charge in [0.2, 0.25) is 5.95 Å². The van der Waals surface area contributed by atoms with E-state index < -0.39 is 0 Å². The highest BCUT2D eigenvalue weighted by Gasteiger charge is 2.13. The molecule has 4 aromatic rings. The number of thiophene rings is 1. The lowest BCUT2D eigenvalue weighted by atomic mass is 10.1. The molecule has 0 radical (unpaired) electrons. The van der Waals surface area contributed by atoms with E-state index in [9.17, 15) is 9.18 Å². The summed E-state index contributed by atoms with van der Waals surface area (Å²) in [7, 11) is 0. The van der Waals surface area contributed by atoms with E-state index in [0.717, 1.165) is 22.4 Å². The molecule has 0 fully saturated rings. The first-order valence-corrected chi connectivity index (χ1v) is 10.6. The fourth-order valence-corrected chi connectivity index (χ4v) is 3.90. The largest absolute Gasteiger partial charge is 0.489 e. The summed E-state index contributed by atoms with van der Waals surface area (Å²) in [6, 6.07) is 14.1. The van der Waals surface area contributed by atoms with E-state index in [4.69, 9.17) is 4.74 Å². The van der Waals surface area contributed by atoms with Crippen LogP contribution in [0, 0.1) is 19.7 Å². The van der Waals surface area contributed by atoms with Gasteiger partial charge in [-0.2, -0.15) is 0 Å². The molecule has 6 nitrogen and oxygen atoms in total. The van der Waals surface area contributed by atoms with E-state index in [1.807, 2.05) is 31.4 Å². The van der Waals surface area contributed by atoms with E-state index in [-0.39, 0.29) is 17.7 Å². The number of rotatable bonds is 7. The molecule has 0 saturated heterocycles. The Morgan fingerprint density at radius 2 is 2.03 bits per heavy atom. The Balaban J connectivity index is 1.34. The van der Waals surface area contributed by atoms with Crippen molar-refractivity contribution in [1.29, 1.82) is 0 Å². The van der Waals surface area contributed by atoms with Gasteiger partial charge in [-0.15, -0.1) is 16.4 Å². The average Bonchev–Trinajstić information content (AvgIpc) is 3.37. The van der Waals surface area contributed by atoms with Crippen molar-refractivity contribution in [3.63, 3.8) is 0 Å². The highest BCUT2D eigenvalue weighted by Crippen LogP contribution is 2.22. The maximum Gasteiger partial charge on any atom is 0.268 e. The van der Waals surface area contributed by atoms with Crippen molar-refractivity contribution in [2.24, 2.45) is 0 Å². The van der Waals surface area contributed by atoms with Gasteiger partial charge in [0.05, 0.1) is 11.4 Å². The summed E-state index contributed by atoms with van der Waals surface area (Å²) in [6.07, 6.45) is 1.50. The predicted octanol–water partition coefficient (Wildman–Crippen LogP) is 4.98. The number of hydrogen-bond donors (Lipinski definition) is 1. The molecule has 2 aromatic carbocycles. The van der Waals surface area contributed by atoms with Crippen LogP contribution in [0.3, 0.4) is 0 Å². The molecule has 0 atom stereocenters. The lowest BCUT2D eigenvalue weighted by Gasteiger charge is -2.08. The lowest BCUT2D eigenvalue weighted by Crippen LogP contribution is -2.12. The Kier molecular flexibility index (Phi) is 6.08. The van der Waals surface area contributed by atoms with Crippen LogP contribution < -0.4 is 10.1 Å². The van der Waals surface area contributed by atoms with Gasteiger partial charge in [0, 0.05) is 5.56 Å². The van der Waals surface area contributed by atoms with Crippen LogP contribution in [0.1, 0.15) is 31.9 Å². The molecule has 1 N–H and O–H groups in total. The Morgan fingerprint density at radius 3 is 2.84 bits per heavy atom. The van der Waals surface area contributed by atoms with Crippen molar-refractivity contribution in [3.8, 4) is 5.75 Å². The topological polar surface area (TPSA) is 69.0 Å². The number of carbonyl (C=O) groups is 1. The molecular weight excluding hydrogens is 415 g/mol. The minimum absolute atomic E-state index is 0.197. The zero-order valence-electron chi connectivity index (χ0n) is 17.1. The molecule has 2 heterocycles. The number of carbonyl (C=O) groups excluding carboxylic acids is 1. The summed E-state index contributed by atoms with van der Waals surface area (Å²) in [5.41, 5.74) is 3.94. The van der Waals surface area contributed by atoms with Crippen LogP contribution in [0.5, 0.6) is 5.75 Å². The first-order valence-electron chi connectivity index (χ1n) is 9.69. The summed E-state index contributed by atoms with van der Waals surface area (Å²) >= 11 is 1.33. The molecule has 0 aliphatic heterocycles. The molecule has 2 aromatic heterocycles. The van der Waals surface area contributed by atoms with Crippen LogP contribution in [0.4, 0.5) is 10.3 Å². The van der Waals surface area contributed by atoms with E-state index in [0.29, 0.717) is 18.0 Å². The van der Waals surface area contributed by atoms with Crippen molar-refractivity contribution in [3.05, 3.63) is 93.2 Å². The van der Waals surface area contributed by atoms with Gasteiger partial charge in [-0.1, -0.05) is 29.8 Å². The van der Waals surface area contributed by atoms with Crippen molar-refractivity contribution in [1.82, 2.24) is 14.8 Å². The van der Waals surface area contributed by atoms with E-state index in [1.54, 1.807) is 22.9 Å². The number of ether oxygens (including phenoxy) is 1.